The normalized spacial score (nSPS) is 28.0. The Balaban J connectivity index is 1.19. The number of hydrogen-bond donors (Lipinski definition) is 9. The van der Waals surface area contributed by atoms with Crippen LogP contribution in [0.2, 0.25) is 0 Å². The van der Waals surface area contributed by atoms with E-state index in [0.29, 0.717) is 77.4 Å². The number of aromatic nitrogens is 1. The van der Waals surface area contributed by atoms with E-state index in [4.69, 9.17) is 4.74 Å². The average Bonchev–Trinajstić information content (AvgIpc) is 3.82. The van der Waals surface area contributed by atoms with Gasteiger partial charge in [0.2, 0.25) is 0 Å². The van der Waals surface area contributed by atoms with Gasteiger partial charge in [-0.1, -0.05) is 99.7 Å². The topological polar surface area (TPSA) is 196 Å². The predicted molar refractivity (Wildman–Crippen MR) is 304 cm³/mol. The molecule has 1 fully saturated rings. The molecule has 12 nitrogen and oxygen atoms in total. The monoisotopic (exact) mass is 1040 g/mol. The highest BCUT2D eigenvalue weighted by Crippen LogP contribution is 2.48. The van der Waals surface area contributed by atoms with Crippen LogP contribution in [0.3, 0.4) is 0 Å². The van der Waals surface area contributed by atoms with Gasteiger partial charge in [0.05, 0.1) is 31.3 Å². The van der Waals surface area contributed by atoms with Crippen LogP contribution in [0, 0.1) is 47.3 Å². The molecule has 0 spiro atoms. The Morgan fingerprint density at radius 3 is 2.44 bits per heavy atom. The Labute approximate surface area is 454 Å². The summed E-state index contributed by atoms with van der Waals surface area (Å²) >= 11 is 0. The number of carbonyl (C=O) groups excluding carboxylic acids is 2. The molecule has 0 amide bonds. The molecule has 3 heterocycles. The number of ether oxygens (including phenoxy) is 1. The number of β-amino-alcohol motifs (C(OH)–C–C–N with tert-alkyl or cyclic N) is 1. The minimum atomic E-state index is -1.87. The number of aryl methyl sites for hydroxylation is 1. The van der Waals surface area contributed by atoms with Gasteiger partial charge in [-0.15, -0.1) is 0 Å². The second-order valence-electron chi connectivity index (χ2n) is 22.6. The molecule has 12 unspecified atom stereocenters. The lowest BCUT2D eigenvalue weighted by atomic mass is 9.71. The molecular weight excluding hydrogens is 965 g/mol. The van der Waals surface area contributed by atoms with Crippen molar-refractivity contribution in [3.05, 3.63) is 148 Å². The van der Waals surface area contributed by atoms with E-state index in [-0.39, 0.29) is 53.9 Å². The van der Waals surface area contributed by atoms with Gasteiger partial charge in [0.1, 0.15) is 5.82 Å². The third kappa shape index (κ3) is 13.4. The minimum Gasteiger partial charge on any atom is -0.504 e. The number of aromatic amines is 1. The standard InChI is InChI=1S/C65H80N4O8/c1-5-10-56-48-28-47(27-43-16-20-55(42-11-8-7-9-12-42)57-35-61(74)62(77-4)32-44(57)17-22-59(72)65(76)64(75)58(43)31-48)54(21-19-52(70)6-2)45-23-24-67-63(33-45)69-50-18-15-41-14-13-40(25-46(41)29-50)26-53(71)38-66-36-39(3)49-30-51(68-37-49)34-60(56)73/h7-9,11-15,18,23,25,29-30,32-33,35,37,39,43,47-48,52-56,58,60,65-71,73-74,76H,5-6,10,17,19,21-22,24,26-28,31,34,36,38H2,1-4H3. The third-order valence-electron chi connectivity index (χ3n) is 17.3. The number of rotatable bonds is 8. The van der Waals surface area contributed by atoms with E-state index in [0.717, 1.165) is 67.8 Å². The largest absolute Gasteiger partial charge is 0.504 e. The van der Waals surface area contributed by atoms with Crippen molar-refractivity contribution in [3.8, 4) is 23.3 Å². The molecule has 9 N–H and O–H groups in total. The average molecular weight is 1050 g/mol. The summed E-state index contributed by atoms with van der Waals surface area (Å²) in [4.78, 5) is 33.0. The number of Topliss-reactive ketones (excluding diaryl/α,β-unsaturated/α-hetero) is 2. The van der Waals surface area contributed by atoms with Crippen LogP contribution >= 0.6 is 0 Å². The van der Waals surface area contributed by atoms with Gasteiger partial charge in [-0.3, -0.25) is 9.59 Å². The van der Waals surface area contributed by atoms with Crippen molar-refractivity contribution in [2.45, 2.75) is 134 Å². The summed E-state index contributed by atoms with van der Waals surface area (Å²) in [6.45, 7) is 7.94. The zero-order chi connectivity index (χ0) is 54.2. The highest BCUT2D eigenvalue weighted by atomic mass is 16.5. The molecular formula is C65H80N4O8. The molecule has 5 aromatic rings. The molecule has 77 heavy (non-hydrogen) atoms. The van der Waals surface area contributed by atoms with Crippen LogP contribution in [0.15, 0.2) is 115 Å². The van der Waals surface area contributed by atoms with E-state index in [1.165, 1.54) is 7.11 Å². The fourth-order valence-corrected chi connectivity index (χ4v) is 13.0. The number of phenols is 1. The third-order valence-corrected chi connectivity index (χ3v) is 17.3. The zero-order valence-corrected chi connectivity index (χ0v) is 45.3. The van der Waals surface area contributed by atoms with Gasteiger partial charge < -0.3 is 51.2 Å². The summed E-state index contributed by atoms with van der Waals surface area (Å²) < 4.78 is 5.54. The van der Waals surface area contributed by atoms with Crippen molar-refractivity contribution in [2.75, 3.05) is 32.1 Å². The smallest absolute Gasteiger partial charge is 0.173 e. The number of dihydropyridines is 1. The summed E-state index contributed by atoms with van der Waals surface area (Å²) in [5, 5.41) is 71.3. The molecule has 408 valence electrons. The molecule has 2 aliphatic heterocycles. The number of methoxy groups -OCH3 is 1. The maximum Gasteiger partial charge on any atom is 0.173 e. The molecule has 1 aromatic heterocycles. The summed E-state index contributed by atoms with van der Waals surface area (Å²) in [5.74, 6) is 4.84. The van der Waals surface area contributed by atoms with Crippen LogP contribution < -0.4 is 20.7 Å². The number of H-pyrrole nitrogens is 1. The predicted octanol–water partition coefficient (Wildman–Crippen LogP) is 9.39. The Kier molecular flexibility index (Phi) is 18.4. The summed E-state index contributed by atoms with van der Waals surface area (Å²) in [7, 11) is 1.48. The van der Waals surface area contributed by atoms with Crippen LogP contribution in [0.25, 0.3) is 10.8 Å². The summed E-state index contributed by atoms with van der Waals surface area (Å²) in [6, 6.07) is 28.1. The van der Waals surface area contributed by atoms with Gasteiger partial charge in [0.25, 0.3) is 0 Å². The number of phenolic OH excluding ortho intramolecular Hbond substituents is 1. The van der Waals surface area contributed by atoms with Crippen molar-refractivity contribution >= 4 is 28.0 Å². The van der Waals surface area contributed by atoms with Crippen molar-refractivity contribution in [3.63, 3.8) is 0 Å². The fourth-order valence-electron chi connectivity index (χ4n) is 13.0. The first-order valence-electron chi connectivity index (χ1n) is 28.4. The van der Waals surface area contributed by atoms with Crippen molar-refractivity contribution in [1.29, 1.82) is 0 Å². The first-order valence-corrected chi connectivity index (χ1v) is 28.4. The number of allylic oxidation sites excluding steroid dienone is 2. The maximum atomic E-state index is 15.3. The second-order valence-corrected chi connectivity index (χ2v) is 22.6. The number of aromatic hydroxyl groups is 1. The zero-order valence-electron chi connectivity index (χ0n) is 45.3. The molecule has 0 radical (unpaired) electrons. The molecule has 12 atom stereocenters. The van der Waals surface area contributed by atoms with Gasteiger partial charge in [-0.25, -0.2) is 0 Å². The summed E-state index contributed by atoms with van der Waals surface area (Å²) in [6.07, 6.45) is 8.42. The van der Waals surface area contributed by atoms with E-state index < -0.39 is 53.7 Å². The molecule has 0 saturated heterocycles. The Hall–Kier alpha value is -6.20. The van der Waals surface area contributed by atoms with E-state index in [1.807, 2.05) is 43.5 Å². The number of anilines is 1. The van der Waals surface area contributed by atoms with Crippen LogP contribution in [0.5, 0.6) is 11.5 Å². The number of ketones is 2. The lowest BCUT2D eigenvalue weighted by Crippen LogP contribution is -2.40. The van der Waals surface area contributed by atoms with Crippen molar-refractivity contribution < 1.29 is 39.9 Å². The highest BCUT2D eigenvalue weighted by Gasteiger charge is 2.45. The quantitative estimate of drug-likeness (QED) is 0.0531. The lowest BCUT2D eigenvalue weighted by Gasteiger charge is -2.36. The van der Waals surface area contributed by atoms with E-state index in [9.17, 15) is 30.3 Å². The number of benzene rings is 4. The molecule has 4 aliphatic rings. The number of carbonyl (C=O) groups is 2. The molecule has 9 bridgehead atoms. The lowest BCUT2D eigenvalue weighted by molar-refractivity contribution is -0.142. The molecule has 1 saturated carbocycles. The molecule has 4 aromatic carbocycles. The fraction of sp³-hybridized carbons (Fsp3) is 0.477. The van der Waals surface area contributed by atoms with E-state index >= 15 is 4.79 Å². The molecule has 2 aliphatic carbocycles. The van der Waals surface area contributed by atoms with Crippen LogP contribution in [-0.4, -0.2) is 93.2 Å². The Morgan fingerprint density at radius 1 is 0.831 bits per heavy atom. The van der Waals surface area contributed by atoms with Crippen molar-refractivity contribution in [1.82, 2.24) is 15.6 Å². The van der Waals surface area contributed by atoms with Gasteiger partial charge in [0, 0.05) is 61.9 Å². The Bertz CT molecular complexity index is 2970. The highest BCUT2D eigenvalue weighted by molar-refractivity contribution is 6.06. The number of aliphatic hydroxyl groups is 4. The van der Waals surface area contributed by atoms with Gasteiger partial charge >= 0.3 is 0 Å². The first kappa shape index (κ1) is 55.6. The van der Waals surface area contributed by atoms with E-state index in [1.54, 1.807) is 12.1 Å². The number of fused-ring (bicyclic) bond motifs is 9. The minimum absolute atomic E-state index is 0.0507. The number of aliphatic hydroxyl groups excluding tert-OH is 4. The molecule has 9 rings (SSSR count). The van der Waals surface area contributed by atoms with Crippen molar-refractivity contribution in [2.24, 2.45) is 35.5 Å². The van der Waals surface area contributed by atoms with Gasteiger partial charge in [-0.05, 0) is 168 Å². The van der Waals surface area contributed by atoms with Crippen LogP contribution in [0.1, 0.15) is 124 Å². The van der Waals surface area contributed by atoms with Gasteiger partial charge in [-0.2, -0.15) is 0 Å². The Morgan fingerprint density at radius 2 is 1.65 bits per heavy atom. The van der Waals surface area contributed by atoms with Crippen LogP contribution in [0.4, 0.5) is 5.69 Å². The SMILES string of the molecule is CCCC1C(O)Cc2cc(c[nH]2)C(C)CNCC(O)Cc2ccc3ccc(cc3c2)NC2=CC(=CCN2)C(CCC(O)CC)C2CC3C#CC(c4ccccc4)c4cc(O)c(OC)cc4CCC(=O)C(O)C(=O)C3CC1C2. The number of nitrogens with one attached hydrogen (secondary N) is 4. The molecule has 12 heteroatoms. The van der Waals surface area contributed by atoms with Crippen LogP contribution in [-0.2, 0) is 28.9 Å². The summed E-state index contributed by atoms with van der Waals surface area (Å²) in [5.41, 5.74) is 7.44. The van der Waals surface area contributed by atoms with Gasteiger partial charge in [0.15, 0.2) is 29.2 Å². The second kappa shape index (κ2) is 25.5. The first-order chi connectivity index (χ1) is 37.3. The number of hydrogen-bond acceptors (Lipinski definition) is 11. The maximum absolute atomic E-state index is 15.3. The van der Waals surface area contributed by atoms with E-state index in [2.05, 4.69) is 101 Å².